The summed E-state index contributed by atoms with van der Waals surface area (Å²) in [6.07, 6.45) is 8.03. The molecular formula is C33H35N5O5S. The molecule has 3 aromatic carbocycles. The molecule has 0 saturated heterocycles. The molecule has 10 nitrogen and oxygen atoms in total. The van der Waals surface area contributed by atoms with Crippen LogP contribution in [0, 0.1) is 0 Å². The van der Waals surface area contributed by atoms with Crippen LogP contribution in [0.3, 0.4) is 0 Å². The molecule has 0 spiro atoms. The number of benzene rings is 3. The maximum atomic E-state index is 12.4. The third kappa shape index (κ3) is 8.87. The number of nitrogens with one attached hydrogen (secondary N) is 2. The standard InChI is InChI=1S/C33H35N5O5S/c1-41-27-15-13-25(14-16-27)32(40)35-33-38-37-31(44-33)21-30(39)36-34-22-26-9-5-6-10-29(26)43-20-19-42-28-17-11-24(12-18-28)23-7-3-2-4-8-23/h5-6,9-18,22-23H,2-4,7-8,19-21H2,1H3,(H,36,39)(H,35,38,40)/b34-22-. The predicted octanol–water partition coefficient (Wildman–Crippen LogP) is 6.00. The molecule has 2 N–H and O–H groups in total. The lowest BCUT2D eigenvalue weighted by Crippen LogP contribution is -2.19. The van der Waals surface area contributed by atoms with Gasteiger partial charge in [0.15, 0.2) is 0 Å². The van der Waals surface area contributed by atoms with E-state index in [4.69, 9.17) is 14.2 Å². The van der Waals surface area contributed by atoms with Gasteiger partial charge in [0.25, 0.3) is 5.91 Å². The fourth-order valence-electron chi connectivity index (χ4n) is 4.94. The fraction of sp³-hybridized carbons (Fsp3) is 0.303. The molecule has 5 rings (SSSR count). The number of rotatable bonds is 13. The predicted molar refractivity (Wildman–Crippen MR) is 170 cm³/mol. The quantitative estimate of drug-likeness (QED) is 0.108. The molecule has 0 atom stereocenters. The summed E-state index contributed by atoms with van der Waals surface area (Å²) in [5.41, 5.74) is 5.06. The van der Waals surface area contributed by atoms with E-state index in [9.17, 15) is 9.59 Å². The molecule has 2 amide bonds. The van der Waals surface area contributed by atoms with Crippen molar-refractivity contribution in [3.63, 3.8) is 0 Å². The van der Waals surface area contributed by atoms with Crippen LogP contribution in [-0.4, -0.2) is 48.5 Å². The fourth-order valence-corrected chi connectivity index (χ4v) is 5.67. The van der Waals surface area contributed by atoms with Crippen LogP contribution in [0.1, 0.15) is 64.5 Å². The van der Waals surface area contributed by atoms with E-state index in [1.54, 1.807) is 31.4 Å². The molecule has 1 heterocycles. The third-order valence-corrected chi connectivity index (χ3v) is 8.07. The molecule has 1 aromatic heterocycles. The Morgan fingerprint density at radius 2 is 1.64 bits per heavy atom. The number of hydrogen-bond donors (Lipinski definition) is 2. The number of para-hydroxylation sites is 1. The number of aromatic nitrogens is 2. The average Bonchev–Trinajstić information content (AvgIpc) is 3.50. The number of ether oxygens (including phenoxy) is 3. The van der Waals surface area contributed by atoms with Crippen LogP contribution in [0.5, 0.6) is 17.2 Å². The second-order valence-corrected chi connectivity index (χ2v) is 11.4. The first kappa shape index (κ1) is 30.7. The van der Waals surface area contributed by atoms with Gasteiger partial charge in [-0.2, -0.15) is 5.10 Å². The van der Waals surface area contributed by atoms with Crippen molar-refractivity contribution in [2.24, 2.45) is 5.10 Å². The molecule has 0 aliphatic heterocycles. The van der Waals surface area contributed by atoms with Gasteiger partial charge in [0.2, 0.25) is 11.0 Å². The number of amides is 2. The largest absolute Gasteiger partial charge is 0.497 e. The number of carbonyl (C=O) groups is 2. The summed E-state index contributed by atoms with van der Waals surface area (Å²) < 4.78 is 16.9. The van der Waals surface area contributed by atoms with Crippen molar-refractivity contribution < 1.29 is 23.8 Å². The lowest BCUT2D eigenvalue weighted by Gasteiger charge is -2.22. The molecule has 1 saturated carbocycles. The Morgan fingerprint density at radius 3 is 2.41 bits per heavy atom. The van der Waals surface area contributed by atoms with Crippen molar-refractivity contribution in [1.29, 1.82) is 0 Å². The van der Waals surface area contributed by atoms with E-state index in [0.29, 0.717) is 51.9 Å². The van der Waals surface area contributed by atoms with Gasteiger partial charge in [0, 0.05) is 11.1 Å². The van der Waals surface area contributed by atoms with Crippen molar-refractivity contribution in [3.8, 4) is 17.2 Å². The summed E-state index contributed by atoms with van der Waals surface area (Å²) in [7, 11) is 1.56. The zero-order chi connectivity index (χ0) is 30.6. The zero-order valence-corrected chi connectivity index (χ0v) is 25.3. The molecule has 44 heavy (non-hydrogen) atoms. The van der Waals surface area contributed by atoms with Crippen LogP contribution in [0.25, 0.3) is 0 Å². The van der Waals surface area contributed by atoms with Gasteiger partial charge in [0.1, 0.15) is 35.5 Å². The van der Waals surface area contributed by atoms with Gasteiger partial charge in [-0.25, -0.2) is 5.43 Å². The molecule has 1 aliphatic rings. The summed E-state index contributed by atoms with van der Waals surface area (Å²) in [4.78, 5) is 24.9. The van der Waals surface area contributed by atoms with E-state index in [2.05, 4.69) is 38.2 Å². The average molecular weight is 614 g/mol. The van der Waals surface area contributed by atoms with Crippen LogP contribution in [0.2, 0.25) is 0 Å². The van der Waals surface area contributed by atoms with E-state index < -0.39 is 0 Å². The summed E-state index contributed by atoms with van der Waals surface area (Å²) >= 11 is 1.12. The van der Waals surface area contributed by atoms with Crippen molar-refractivity contribution in [3.05, 3.63) is 94.5 Å². The minimum Gasteiger partial charge on any atom is -0.497 e. The highest BCUT2D eigenvalue weighted by molar-refractivity contribution is 7.15. The molecule has 0 radical (unpaired) electrons. The molecule has 11 heteroatoms. The molecule has 4 aromatic rings. The van der Waals surface area contributed by atoms with E-state index in [0.717, 1.165) is 17.1 Å². The van der Waals surface area contributed by atoms with Crippen LogP contribution in [0.15, 0.2) is 77.9 Å². The number of hydrazone groups is 1. The third-order valence-electron chi connectivity index (χ3n) is 7.23. The van der Waals surface area contributed by atoms with Gasteiger partial charge in [-0.05, 0) is 72.9 Å². The van der Waals surface area contributed by atoms with Crippen LogP contribution in [-0.2, 0) is 11.2 Å². The number of anilines is 1. The Hall–Kier alpha value is -4.77. The lowest BCUT2D eigenvalue weighted by molar-refractivity contribution is -0.120. The molecule has 228 valence electrons. The number of nitrogens with zero attached hydrogens (tertiary/aromatic N) is 3. The molecule has 1 fully saturated rings. The molecule has 0 bridgehead atoms. The second-order valence-electron chi connectivity index (χ2n) is 10.3. The summed E-state index contributed by atoms with van der Waals surface area (Å²) in [6, 6.07) is 22.5. The van der Waals surface area contributed by atoms with Gasteiger partial charge in [-0.1, -0.05) is 54.9 Å². The van der Waals surface area contributed by atoms with E-state index >= 15 is 0 Å². The topological polar surface area (TPSA) is 124 Å². The first-order valence-corrected chi connectivity index (χ1v) is 15.4. The highest BCUT2D eigenvalue weighted by atomic mass is 32.1. The Bertz CT molecular complexity index is 1550. The lowest BCUT2D eigenvalue weighted by atomic mass is 9.84. The molecule has 1 aliphatic carbocycles. The summed E-state index contributed by atoms with van der Waals surface area (Å²) in [5, 5.41) is 15.4. The number of methoxy groups -OCH3 is 1. The minimum atomic E-state index is -0.369. The van der Waals surface area contributed by atoms with E-state index in [1.165, 1.54) is 43.9 Å². The van der Waals surface area contributed by atoms with Gasteiger partial charge in [-0.3, -0.25) is 14.9 Å². The van der Waals surface area contributed by atoms with Crippen molar-refractivity contribution >= 4 is 34.5 Å². The maximum Gasteiger partial charge on any atom is 0.257 e. The summed E-state index contributed by atoms with van der Waals surface area (Å²) in [6.45, 7) is 0.755. The van der Waals surface area contributed by atoms with Crippen molar-refractivity contribution in [2.75, 3.05) is 25.6 Å². The highest BCUT2D eigenvalue weighted by Gasteiger charge is 2.15. The van der Waals surface area contributed by atoms with E-state index in [1.807, 2.05) is 36.4 Å². The first-order valence-electron chi connectivity index (χ1n) is 14.6. The van der Waals surface area contributed by atoms with Gasteiger partial charge in [-0.15, -0.1) is 10.2 Å². The van der Waals surface area contributed by atoms with Crippen LogP contribution < -0.4 is 25.0 Å². The molecular weight excluding hydrogens is 578 g/mol. The number of hydrogen-bond acceptors (Lipinski definition) is 9. The van der Waals surface area contributed by atoms with Crippen LogP contribution in [0.4, 0.5) is 5.13 Å². The Kier molecular flexibility index (Phi) is 10.9. The Morgan fingerprint density at radius 1 is 0.909 bits per heavy atom. The number of carbonyl (C=O) groups excluding carboxylic acids is 2. The van der Waals surface area contributed by atoms with Gasteiger partial charge in [0.05, 0.1) is 19.7 Å². The van der Waals surface area contributed by atoms with Crippen LogP contribution >= 0.6 is 11.3 Å². The monoisotopic (exact) mass is 613 g/mol. The second kappa shape index (κ2) is 15.6. The maximum absolute atomic E-state index is 12.4. The first-order chi connectivity index (χ1) is 21.6. The van der Waals surface area contributed by atoms with Gasteiger partial charge >= 0.3 is 0 Å². The Labute approximate surface area is 260 Å². The SMILES string of the molecule is COc1ccc(C(=O)Nc2nnc(CC(=O)N/N=C\c3ccccc3OCCOc3ccc(C4CCCCC4)cc3)s2)cc1. The highest BCUT2D eigenvalue weighted by Crippen LogP contribution is 2.33. The normalized spacial score (nSPS) is 13.4. The Balaban J connectivity index is 1.04. The van der Waals surface area contributed by atoms with E-state index in [-0.39, 0.29) is 18.2 Å². The van der Waals surface area contributed by atoms with Gasteiger partial charge < -0.3 is 14.2 Å². The summed E-state index contributed by atoms with van der Waals surface area (Å²) in [5.74, 6) is 2.08. The smallest absolute Gasteiger partial charge is 0.257 e. The van der Waals surface area contributed by atoms with Crippen molar-refractivity contribution in [2.45, 2.75) is 44.4 Å². The zero-order valence-electron chi connectivity index (χ0n) is 24.5. The van der Waals surface area contributed by atoms with Crippen molar-refractivity contribution in [1.82, 2.24) is 15.6 Å². The minimum absolute atomic E-state index is 0.0372. The molecule has 0 unspecified atom stereocenters.